The second-order valence-electron chi connectivity index (χ2n) is 7.50. The monoisotopic (exact) mass is 414 g/mol. The van der Waals surface area contributed by atoms with E-state index in [1.54, 1.807) is 7.05 Å². The van der Waals surface area contributed by atoms with Gasteiger partial charge in [0.15, 0.2) is 6.61 Å². The fraction of sp³-hybridized carbons (Fsp3) is 0.409. The molecule has 3 rings (SSSR count). The van der Waals surface area contributed by atoms with Crippen LogP contribution in [0, 0.1) is 26.7 Å². The molecule has 0 unspecified atom stereocenters. The first kappa shape index (κ1) is 21.0. The summed E-state index contributed by atoms with van der Waals surface area (Å²) in [5.41, 5.74) is 3.26. The number of anilines is 1. The lowest BCUT2D eigenvalue weighted by Gasteiger charge is -2.18. The van der Waals surface area contributed by atoms with Crippen LogP contribution in [0.3, 0.4) is 0 Å². The Hall–Kier alpha value is -2.67. The van der Waals surface area contributed by atoms with Gasteiger partial charge in [-0.3, -0.25) is 9.59 Å². The zero-order chi connectivity index (χ0) is 21.1. The molecule has 1 aromatic carbocycles. The molecular weight excluding hydrogens is 388 g/mol. The summed E-state index contributed by atoms with van der Waals surface area (Å²) < 4.78 is 5.30. The first-order chi connectivity index (χ1) is 13.8. The van der Waals surface area contributed by atoms with Gasteiger partial charge in [-0.1, -0.05) is 24.3 Å². The first-order valence-electron chi connectivity index (χ1n) is 9.64. The second-order valence-corrected chi connectivity index (χ2v) is 8.73. The molecule has 0 bridgehead atoms. The highest BCUT2D eigenvalue weighted by atomic mass is 32.1. The highest BCUT2D eigenvalue weighted by Crippen LogP contribution is 2.36. The zero-order valence-corrected chi connectivity index (χ0v) is 18.0. The van der Waals surface area contributed by atoms with Crippen molar-refractivity contribution in [2.24, 2.45) is 5.92 Å². The summed E-state index contributed by atoms with van der Waals surface area (Å²) in [6.07, 6.45) is 1.77. The highest BCUT2D eigenvalue weighted by molar-refractivity contribution is 7.16. The minimum atomic E-state index is -0.587. The lowest BCUT2D eigenvalue weighted by Crippen LogP contribution is -2.31. The SMILES string of the molecule is Cc1ccccc1CN(C)C(=O)COC(=O)c1c(NC(=O)C2CC2)sc(C)c1C. The lowest BCUT2D eigenvalue weighted by molar-refractivity contribution is -0.133. The number of rotatable bonds is 7. The molecule has 1 heterocycles. The summed E-state index contributed by atoms with van der Waals surface area (Å²) in [6, 6.07) is 7.84. The van der Waals surface area contributed by atoms with Crippen LogP contribution in [-0.2, 0) is 20.9 Å². The van der Waals surface area contributed by atoms with Gasteiger partial charge in [0.1, 0.15) is 5.00 Å². The van der Waals surface area contributed by atoms with Crippen molar-refractivity contribution in [2.45, 2.75) is 40.2 Å². The van der Waals surface area contributed by atoms with Crippen molar-refractivity contribution in [3.8, 4) is 0 Å². The topological polar surface area (TPSA) is 75.7 Å². The van der Waals surface area contributed by atoms with E-state index in [4.69, 9.17) is 4.74 Å². The minimum absolute atomic E-state index is 0.0400. The molecule has 2 aromatic rings. The van der Waals surface area contributed by atoms with Gasteiger partial charge in [0, 0.05) is 24.4 Å². The van der Waals surface area contributed by atoms with Gasteiger partial charge in [0.25, 0.3) is 5.91 Å². The number of ether oxygens (including phenoxy) is 1. The third-order valence-electron chi connectivity index (χ3n) is 5.20. The van der Waals surface area contributed by atoms with E-state index in [-0.39, 0.29) is 24.3 Å². The standard InChI is InChI=1S/C22H26N2O4S/c1-13-7-5-6-8-17(13)11-24(4)18(25)12-28-22(27)19-14(2)15(3)29-21(19)23-20(26)16-9-10-16/h5-8,16H,9-12H2,1-4H3,(H,23,26). The van der Waals surface area contributed by atoms with E-state index < -0.39 is 5.97 Å². The smallest absolute Gasteiger partial charge is 0.341 e. The molecule has 0 saturated heterocycles. The largest absolute Gasteiger partial charge is 0.452 e. The number of thiophene rings is 1. The quantitative estimate of drug-likeness (QED) is 0.699. The Morgan fingerprint density at radius 2 is 1.86 bits per heavy atom. The number of amides is 2. The molecule has 154 valence electrons. The van der Waals surface area contributed by atoms with Crippen molar-refractivity contribution in [3.63, 3.8) is 0 Å². The molecular formula is C22H26N2O4S. The van der Waals surface area contributed by atoms with Crippen LogP contribution in [0.15, 0.2) is 24.3 Å². The van der Waals surface area contributed by atoms with E-state index in [1.165, 1.54) is 16.2 Å². The maximum absolute atomic E-state index is 12.7. The molecule has 0 atom stereocenters. The maximum atomic E-state index is 12.7. The van der Waals surface area contributed by atoms with Gasteiger partial charge in [-0.15, -0.1) is 11.3 Å². The van der Waals surface area contributed by atoms with Crippen LogP contribution in [0.2, 0.25) is 0 Å². The number of aryl methyl sites for hydroxylation is 2. The predicted molar refractivity (Wildman–Crippen MR) is 113 cm³/mol. The molecule has 2 amide bonds. The number of nitrogens with zero attached hydrogens (tertiary/aromatic N) is 1. The number of esters is 1. The van der Waals surface area contributed by atoms with E-state index in [1.807, 2.05) is 45.0 Å². The molecule has 1 N–H and O–H groups in total. The van der Waals surface area contributed by atoms with Crippen LogP contribution in [0.5, 0.6) is 0 Å². The van der Waals surface area contributed by atoms with E-state index in [0.717, 1.165) is 34.4 Å². The maximum Gasteiger partial charge on any atom is 0.341 e. The Labute approximate surface area is 174 Å². The number of benzene rings is 1. The average molecular weight is 415 g/mol. The Morgan fingerprint density at radius 1 is 1.17 bits per heavy atom. The molecule has 1 saturated carbocycles. The summed E-state index contributed by atoms with van der Waals surface area (Å²) in [5, 5.41) is 3.35. The molecule has 0 aliphatic heterocycles. The highest BCUT2D eigenvalue weighted by Gasteiger charge is 2.32. The zero-order valence-electron chi connectivity index (χ0n) is 17.2. The molecule has 1 aliphatic rings. The van der Waals surface area contributed by atoms with Gasteiger partial charge in [-0.05, 0) is 50.3 Å². The van der Waals surface area contributed by atoms with E-state index in [9.17, 15) is 14.4 Å². The molecule has 29 heavy (non-hydrogen) atoms. The summed E-state index contributed by atoms with van der Waals surface area (Å²) in [7, 11) is 1.68. The molecule has 0 radical (unpaired) electrons. The van der Waals surface area contributed by atoms with E-state index >= 15 is 0 Å². The second kappa shape index (κ2) is 8.78. The third-order valence-corrected chi connectivity index (χ3v) is 6.32. The Kier molecular flexibility index (Phi) is 6.37. The van der Waals surface area contributed by atoms with Crippen LogP contribution >= 0.6 is 11.3 Å². The fourth-order valence-corrected chi connectivity index (χ4v) is 4.01. The number of hydrogen-bond donors (Lipinski definition) is 1. The van der Waals surface area contributed by atoms with Crippen LogP contribution in [0.4, 0.5) is 5.00 Å². The molecule has 1 aromatic heterocycles. The van der Waals surface area contributed by atoms with Crippen molar-refractivity contribution < 1.29 is 19.1 Å². The van der Waals surface area contributed by atoms with Crippen molar-refractivity contribution >= 4 is 34.1 Å². The van der Waals surface area contributed by atoms with Crippen LogP contribution in [-0.4, -0.2) is 36.3 Å². The van der Waals surface area contributed by atoms with Crippen molar-refractivity contribution in [2.75, 3.05) is 19.0 Å². The average Bonchev–Trinajstić information content (AvgIpc) is 3.49. The van der Waals surface area contributed by atoms with Crippen molar-refractivity contribution in [1.82, 2.24) is 4.90 Å². The van der Waals surface area contributed by atoms with E-state index in [2.05, 4.69) is 5.32 Å². The van der Waals surface area contributed by atoms with Gasteiger partial charge in [0.05, 0.1) is 5.56 Å². The summed E-state index contributed by atoms with van der Waals surface area (Å²) in [5.74, 6) is -0.891. The normalized spacial score (nSPS) is 13.1. The fourth-order valence-electron chi connectivity index (χ4n) is 2.96. The predicted octanol–water partition coefficient (Wildman–Crippen LogP) is 3.84. The van der Waals surface area contributed by atoms with Gasteiger partial charge >= 0.3 is 5.97 Å². The van der Waals surface area contributed by atoms with Crippen molar-refractivity contribution in [3.05, 3.63) is 51.4 Å². The Balaban J connectivity index is 1.62. The summed E-state index contributed by atoms with van der Waals surface area (Å²) in [6.45, 7) is 5.81. The number of carbonyl (C=O) groups is 3. The number of hydrogen-bond acceptors (Lipinski definition) is 5. The molecule has 1 fully saturated rings. The van der Waals surface area contributed by atoms with Crippen LogP contribution < -0.4 is 5.32 Å². The van der Waals surface area contributed by atoms with E-state index in [0.29, 0.717) is 17.1 Å². The lowest BCUT2D eigenvalue weighted by atomic mass is 10.1. The number of likely N-dealkylation sites (N-methyl/N-ethyl adjacent to an activating group) is 1. The molecule has 1 aliphatic carbocycles. The number of carbonyl (C=O) groups excluding carboxylic acids is 3. The molecule has 0 spiro atoms. The van der Waals surface area contributed by atoms with Gasteiger partial charge in [0.2, 0.25) is 5.91 Å². The first-order valence-corrected chi connectivity index (χ1v) is 10.5. The third kappa shape index (κ3) is 5.03. The number of nitrogens with one attached hydrogen (secondary N) is 1. The summed E-state index contributed by atoms with van der Waals surface area (Å²) in [4.78, 5) is 39.7. The summed E-state index contributed by atoms with van der Waals surface area (Å²) >= 11 is 1.36. The Bertz CT molecular complexity index is 946. The molecule has 7 heteroatoms. The van der Waals surface area contributed by atoms with Gasteiger partial charge in [-0.2, -0.15) is 0 Å². The van der Waals surface area contributed by atoms with Crippen LogP contribution in [0.25, 0.3) is 0 Å². The van der Waals surface area contributed by atoms with Crippen LogP contribution in [0.1, 0.15) is 44.8 Å². The minimum Gasteiger partial charge on any atom is -0.452 e. The van der Waals surface area contributed by atoms with Gasteiger partial charge < -0.3 is 15.0 Å². The van der Waals surface area contributed by atoms with Gasteiger partial charge in [-0.25, -0.2) is 4.79 Å². The van der Waals surface area contributed by atoms with Crippen molar-refractivity contribution in [1.29, 1.82) is 0 Å². The Morgan fingerprint density at radius 3 is 2.52 bits per heavy atom. The molecule has 6 nitrogen and oxygen atoms in total.